The van der Waals surface area contributed by atoms with Gasteiger partial charge in [-0.3, -0.25) is 4.79 Å². The summed E-state index contributed by atoms with van der Waals surface area (Å²) in [4.78, 5) is 13.7. The van der Waals surface area contributed by atoms with Gasteiger partial charge in [0.1, 0.15) is 0 Å². The summed E-state index contributed by atoms with van der Waals surface area (Å²) in [5.74, 6) is -0.144. The van der Waals surface area contributed by atoms with Crippen molar-refractivity contribution < 1.29 is 9.90 Å². The molecule has 3 nitrogen and oxygen atoms in total. The molecule has 88 valence electrons. The van der Waals surface area contributed by atoms with Crippen molar-refractivity contribution >= 4 is 17.5 Å². The fraction of sp³-hybridized carbons (Fsp3) is 0.417. The molecule has 1 amide bonds. The van der Waals surface area contributed by atoms with E-state index in [9.17, 15) is 4.79 Å². The highest BCUT2D eigenvalue weighted by atomic mass is 35.5. The summed E-state index contributed by atoms with van der Waals surface area (Å²) in [6.45, 7) is 4.09. The van der Waals surface area contributed by atoms with Gasteiger partial charge < -0.3 is 10.0 Å². The number of hydrogen-bond donors (Lipinski definition) is 1. The number of halogens is 1. The smallest absolute Gasteiger partial charge is 0.255 e. The first-order valence-electron chi connectivity index (χ1n) is 5.24. The lowest BCUT2D eigenvalue weighted by Crippen LogP contribution is -2.39. The molecule has 0 fully saturated rings. The maximum atomic E-state index is 12.1. The molecular weight excluding hydrogens is 226 g/mol. The van der Waals surface area contributed by atoms with Gasteiger partial charge in [0.05, 0.1) is 17.2 Å². The van der Waals surface area contributed by atoms with Crippen molar-refractivity contribution in [2.45, 2.75) is 19.9 Å². The monoisotopic (exact) mass is 241 g/mol. The Morgan fingerprint density at radius 2 is 2.06 bits per heavy atom. The maximum Gasteiger partial charge on any atom is 0.255 e. The van der Waals surface area contributed by atoms with E-state index >= 15 is 0 Å². The van der Waals surface area contributed by atoms with Crippen LogP contribution in [0.25, 0.3) is 0 Å². The molecule has 0 aromatic heterocycles. The largest absolute Gasteiger partial charge is 0.395 e. The molecule has 0 aliphatic rings. The van der Waals surface area contributed by atoms with Crippen molar-refractivity contribution in [3.63, 3.8) is 0 Å². The molecular formula is C12H16ClNO2. The number of aliphatic hydroxyl groups excluding tert-OH is 1. The van der Waals surface area contributed by atoms with Crippen LogP contribution in [0.5, 0.6) is 0 Å². The molecule has 0 spiro atoms. The van der Waals surface area contributed by atoms with Crippen LogP contribution in [-0.2, 0) is 0 Å². The Hall–Kier alpha value is -1.06. The number of amides is 1. The van der Waals surface area contributed by atoms with Crippen molar-refractivity contribution in [2.24, 2.45) is 0 Å². The van der Waals surface area contributed by atoms with Gasteiger partial charge in [0.15, 0.2) is 0 Å². The lowest BCUT2D eigenvalue weighted by molar-refractivity contribution is 0.0665. The Morgan fingerprint density at radius 3 is 2.56 bits per heavy atom. The first kappa shape index (κ1) is 13.0. The summed E-state index contributed by atoms with van der Waals surface area (Å²) in [5.41, 5.74) is 0.478. The first-order chi connectivity index (χ1) is 7.57. The van der Waals surface area contributed by atoms with Gasteiger partial charge in [-0.05, 0) is 26.0 Å². The molecule has 0 heterocycles. The molecule has 1 aromatic carbocycles. The average Bonchev–Trinajstić information content (AvgIpc) is 2.25. The van der Waals surface area contributed by atoms with Gasteiger partial charge in [0.25, 0.3) is 5.91 Å². The fourth-order valence-electron chi connectivity index (χ4n) is 1.49. The molecule has 0 saturated heterocycles. The Bertz CT molecular complexity index is 366. The summed E-state index contributed by atoms with van der Waals surface area (Å²) in [6.07, 6.45) is 0. The van der Waals surface area contributed by atoms with E-state index in [-0.39, 0.29) is 18.6 Å². The zero-order chi connectivity index (χ0) is 12.1. The SMILES string of the molecule is CC(C)N(CCO)C(=O)c1ccccc1Cl. The summed E-state index contributed by atoms with van der Waals surface area (Å²) in [5, 5.41) is 9.36. The lowest BCUT2D eigenvalue weighted by atomic mass is 10.1. The van der Waals surface area contributed by atoms with Gasteiger partial charge in [-0.1, -0.05) is 23.7 Å². The van der Waals surface area contributed by atoms with E-state index in [0.717, 1.165) is 0 Å². The molecule has 16 heavy (non-hydrogen) atoms. The second-order valence-electron chi connectivity index (χ2n) is 3.80. The minimum absolute atomic E-state index is 0.0379. The van der Waals surface area contributed by atoms with Crippen LogP contribution in [0.15, 0.2) is 24.3 Å². The quantitative estimate of drug-likeness (QED) is 0.878. The number of carbonyl (C=O) groups is 1. The third kappa shape index (κ3) is 2.97. The molecule has 4 heteroatoms. The molecule has 0 saturated carbocycles. The van der Waals surface area contributed by atoms with E-state index in [2.05, 4.69) is 0 Å². The fourth-order valence-corrected chi connectivity index (χ4v) is 1.71. The Morgan fingerprint density at radius 1 is 1.44 bits per heavy atom. The van der Waals surface area contributed by atoms with E-state index in [1.165, 1.54) is 0 Å². The van der Waals surface area contributed by atoms with Gasteiger partial charge >= 0.3 is 0 Å². The third-order valence-electron chi connectivity index (χ3n) is 2.33. The molecule has 0 unspecified atom stereocenters. The van der Waals surface area contributed by atoms with E-state index in [0.29, 0.717) is 17.1 Å². The van der Waals surface area contributed by atoms with E-state index in [1.807, 2.05) is 13.8 Å². The number of nitrogens with zero attached hydrogens (tertiary/aromatic N) is 1. The predicted molar refractivity (Wildman–Crippen MR) is 64.7 cm³/mol. The zero-order valence-corrected chi connectivity index (χ0v) is 10.2. The number of benzene rings is 1. The molecule has 1 N–H and O–H groups in total. The van der Waals surface area contributed by atoms with Crippen LogP contribution in [0.2, 0.25) is 5.02 Å². The van der Waals surface area contributed by atoms with E-state index in [4.69, 9.17) is 16.7 Å². The summed E-state index contributed by atoms with van der Waals surface area (Å²) in [6, 6.07) is 6.97. The van der Waals surface area contributed by atoms with Gasteiger partial charge in [-0.2, -0.15) is 0 Å². The second-order valence-corrected chi connectivity index (χ2v) is 4.20. The van der Waals surface area contributed by atoms with Gasteiger partial charge in [0, 0.05) is 12.6 Å². The standard InChI is InChI=1S/C12H16ClNO2/c1-9(2)14(7-8-15)12(16)10-5-3-4-6-11(10)13/h3-6,9,15H,7-8H2,1-2H3. The second kappa shape index (κ2) is 5.87. The number of carbonyl (C=O) groups excluding carboxylic acids is 1. The lowest BCUT2D eigenvalue weighted by Gasteiger charge is -2.26. The van der Waals surface area contributed by atoms with Crippen LogP contribution in [0.4, 0.5) is 0 Å². The summed E-state index contributed by atoms with van der Waals surface area (Å²) >= 11 is 5.96. The predicted octanol–water partition coefficient (Wildman–Crippen LogP) is 2.18. The minimum Gasteiger partial charge on any atom is -0.395 e. The van der Waals surface area contributed by atoms with Crippen LogP contribution in [0.1, 0.15) is 24.2 Å². The van der Waals surface area contributed by atoms with Gasteiger partial charge in [0.2, 0.25) is 0 Å². The molecule has 0 radical (unpaired) electrons. The van der Waals surface area contributed by atoms with Crippen LogP contribution in [0, 0.1) is 0 Å². The number of aliphatic hydroxyl groups is 1. The van der Waals surface area contributed by atoms with E-state index in [1.54, 1.807) is 29.2 Å². The molecule has 0 atom stereocenters. The van der Waals surface area contributed by atoms with E-state index < -0.39 is 0 Å². The van der Waals surface area contributed by atoms with Crippen molar-refractivity contribution in [1.29, 1.82) is 0 Å². The Kier molecular flexibility index (Phi) is 4.77. The average molecular weight is 242 g/mol. The van der Waals surface area contributed by atoms with Crippen LogP contribution in [0.3, 0.4) is 0 Å². The maximum absolute atomic E-state index is 12.1. The van der Waals surface area contributed by atoms with Gasteiger partial charge in [-0.15, -0.1) is 0 Å². The van der Waals surface area contributed by atoms with Crippen LogP contribution < -0.4 is 0 Å². The zero-order valence-electron chi connectivity index (χ0n) is 9.48. The molecule has 1 rings (SSSR count). The number of rotatable bonds is 4. The minimum atomic E-state index is -0.144. The normalized spacial score (nSPS) is 10.6. The van der Waals surface area contributed by atoms with Crippen molar-refractivity contribution in [3.05, 3.63) is 34.9 Å². The van der Waals surface area contributed by atoms with Crippen molar-refractivity contribution in [3.8, 4) is 0 Å². The highest BCUT2D eigenvalue weighted by Gasteiger charge is 2.19. The topological polar surface area (TPSA) is 40.5 Å². The molecule has 0 bridgehead atoms. The highest BCUT2D eigenvalue weighted by Crippen LogP contribution is 2.18. The highest BCUT2D eigenvalue weighted by molar-refractivity contribution is 6.33. The molecule has 1 aromatic rings. The number of hydrogen-bond acceptors (Lipinski definition) is 2. The summed E-state index contributed by atoms with van der Waals surface area (Å²) < 4.78 is 0. The first-order valence-corrected chi connectivity index (χ1v) is 5.62. The van der Waals surface area contributed by atoms with Crippen molar-refractivity contribution in [2.75, 3.05) is 13.2 Å². The summed E-state index contributed by atoms with van der Waals surface area (Å²) in [7, 11) is 0. The third-order valence-corrected chi connectivity index (χ3v) is 2.66. The molecule has 0 aliphatic carbocycles. The van der Waals surface area contributed by atoms with Crippen molar-refractivity contribution in [1.82, 2.24) is 4.90 Å². The Balaban J connectivity index is 2.95. The van der Waals surface area contributed by atoms with Crippen LogP contribution in [-0.4, -0.2) is 35.1 Å². The Labute approximate surface area is 101 Å². The molecule has 0 aliphatic heterocycles. The van der Waals surface area contributed by atoms with Gasteiger partial charge in [-0.25, -0.2) is 0 Å². The van der Waals surface area contributed by atoms with Crippen LogP contribution >= 0.6 is 11.6 Å².